The molecule has 1 amide bonds. The molecule has 4 aromatic rings. The molecule has 0 unspecified atom stereocenters. The van der Waals surface area contributed by atoms with Gasteiger partial charge in [-0.3, -0.25) is 4.79 Å². The maximum atomic E-state index is 13.7. The minimum Gasteiger partial charge on any atom is -0.356 e. The molecule has 7 heteroatoms. The molecule has 156 valence electrons. The lowest BCUT2D eigenvalue weighted by molar-refractivity contribution is 0.101. The van der Waals surface area contributed by atoms with Gasteiger partial charge in [0, 0.05) is 25.0 Å². The Morgan fingerprint density at radius 2 is 1.87 bits per heavy atom. The monoisotopic (exact) mass is 415 g/mol. The number of fused-ring (bicyclic) bond motifs is 1. The van der Waals surface area contributed by atoms with Gasteiger partial charge in [0.05, 0.1) is 18.1 Å². The maximum Gasteiger partial charge on any atom is 0.272 e. The number of carbonyl (C=O) groups excluding carboxylic acids is 1. The van der Waals surface area contributed by atoms with Gasteiger partial charge in [0.15, 0.2) is 0 Å². The first-order valence-corrected chi connectivity index (χ1v) is 10.3. The predicted octanol–water partition coefficient (Wildman–Crippen LogP) is 4.39. The van der Waals surface area contributed by atoms with Crippen molar-refractivity contribution in [1.29, 1.82) is 0 Å². The number of amides is 1. The summed E-state index contributed by atoms with van der Waals surface area (Å²) in [7, 11) is 0. The highest BCUT2D eigenvalue weighted by Gasteiger charge is 2.19. The number of aromatic nitrogens is 3. The van der Waals surface area contributed by atoms with Crippen LogP contribution in [0.25, 0.3) is 11.0 Å². The molecule has 4 heterocycles. The molecule has 0 aliphatic carbocycles. The van der Waals surface area contributed by atoms with Gasteiger partial charge in [0.25, 0.3) is 5.91 Å². The number of pyridine rings is 2. The molecule has 31 heavy (non-hydrogen) atoms. The number of hydrogen-bond donors (Lipinski definition) is 1. The van der Waals surface area contributed by atoms with Crippen molar-refractivity contribution in [3.8, 4) is 0 Å². The Morgan fingerprint density at radius 3 is 2.55 bits per heavy atom. The van der Waals surface area contributed by atoms with Crippen molar-refractivity contribution in [2.75, 3.05) is 23.3 Å². The second-order valence-corrected chi connectivity index (χ2v) is 7.87. The summed E-state index contributed by atoms with van der Waals surface area (Å²) in [6.07, 6.45) is 4.02. The van der Waals surface area contributed by atoms with Gasteiger partial charge in [-0.15, -0.1) is 0 Å². The predicted molar refractivity (Wildman–Crippen MR) is 119 cm³/mol. The zero-order valence-electron chi connectivity index (χ0n) is 17.2. The molecular formula is C24H22FN5O. The molecule has 1 N–H and O–H groups in total. The molecule has 6 nitrogen and oxygen atoms in total. The average Bonchev–Trinajstić information content (AvgIpc) is 3.07. The topological polar surface area (TPSA) is 63.1 Å². The minimum atomic E-state index is -0.433. The number of nitrogens with zero attached hydrogens (tertiary/aromatic N) is 4. The van der Waals surface area contributed by atoms with Gasteiger partial charge in [-0.25, -0.2) is 14.4 Å². The van der Waals surface area contributed by atoms with Crippen molar-refractivity contribution in [3.63, 3.8) is 0 Å². The quantitative estimate of drug-likeness (QED) is 0.525. The number of hydrogen-bond acceptors (Lipinski definition) is 4. The number of anilines is 2. The van der Waals surface area contributed by atoms with E-state index < -0.39 is 5.82 Å². The molecule has 1 fully saturated rings. The molecule has 0 spiro atoms. The van der Waals surface area contributed by atoms with E-state index in [2.05, 4.69) is 20.2 Å². The van der Waals surface area contributed by atoms with E-state index in [9.17, 15) is 9.18 Å². The van der Waals surface area contributed by atoms with E-state index >= 15 is 0 Å². The van der Waals surface area contributed by atoms with Crippen LogP contribution in [0.2, 0.25) is 0 Å². The van der Waals surface area contributed by atoms with Crippen LogP contribution in [0.15, 0.2) is 60.9 Å². The summed E-state index contributed by atoms with van der Waals surface area (Å²) in [5, 5.41) is 3.50. The van der Waals surface area contributed by atoms with Crippen molar-refractivity contribution in [2.45, 2.75) is 19.9 Å². The van der Waals surface area contributed by atoms with E-state index in [1.54, 1.807) is 12.3 Å². The molecule has 0 radical (unpaired) electrons. The Hall–Kier alpha value is -3.74. The first kappa shape index (κ1) is 19.2. The van der Waals surface area contributed by atoms with Crippen molar-refractivity contribution < 1.29 is 9.18 Å². The second-order valence-electron chi connectivity index (χ2n) is 7.87. The maximum absolute atomic E-state index is 13.7. The summed E-state index contributed by atoms with van der Waals surface area (Å²) >= 11 is 0. The third-order valence-corrected chi connectivity index (χ3v) is 5.58. The lowest BCUT2D eigenvalue weighted by atomic mass is 10.1. The molecule has 1 aromatic carbocycles. The minimum absolute atomic E-state index is 0.288. The normalized spacial score (nSPS) is 13.3. The number of rotatable bonds is 5. The molecule has 0 atom stereocenters. The smallest absolute Gasteiger partial charge is 0.272 e. The molecule has 0 saturated carbocycles. The van der Waals surface area contributed by atoms with Crippen molar-refractivity contribution in [1.82, 2.24) is 14.5 Å². The molecule has 0 bridgehead atoms. The zero-order chi connectivity index (χ0) is 21.4. The number of carbonyl (C=O) groups is 1. The third-order valence-electron chi connectivity index (χ3n) is 5.58. The van der Waals surface area contributed by atoms with Crippen LogP contribution < -0.4 is 10.2 Å². The van der Waals surface area contributed by atoms with Gasteiger partial charge >= 0.3 is 0 Å². The summed E-state index contributed by atoms with van der Waals surface area (Å²) in [5.41, 5.74) is 3.79. The fraction of sp³-hybridized carbons (Fsp3) is 0.208. The van der Waals surface area contributed by atoms with Crippen LogP contribution in [0, 0.1) is 12.7 Å². The standard InChI is InChI=1S/C24H22FN5O/c1-16-3-5-17(6-4-16)15-30-21(12-18-11-19(25)13-27-23(18)30)24(31)28-20-7-8-22(26-14-20)29-9-2-10-29/h3-8,11-14H,2,9-10,15H2,1H3,(H,28,31). The lowest BCUT2D eigenvalue weighted by Gasteiger charge is -2.31. The Kier molecular flexibility index (Phi) is 4.86. The van der Waals surface area contributed by atoms with Gasteiger partial charge in [0.2, 0.25) is 0 Å². The van der Waals surface area contributed by atoms with E-state index in [1.165, 1.54) is 18.7 Å². The van der Waals surface area contributed by atoms with E-state index in [1.807, 2.05) is 47.9 Å². The van der Waals surface area contributed by atoms with Crippen LogP contribution in [-0.2, 0) is 6.54 Å². The summed E-state index contributed by atoms with van der Waals surface area (Å²) in [6, 6.07) is 14.9. The fourth-order valence-electron chi connectivity index (χ4n) is 3.73. The van der Waals surface area contributed by atoms with Gasteiger partial charge in [0.1, 0.15) is 23.0 Å². The number of nitrogens with one attached hydrogen (secondary N) is 1. The first-order chi connectivity index (χ1) is 15.1. The van der Waals surface area contributed by atoms with Crippen LogP contribution in [0.4, 0.5) is 15.9 Å². The second kappa shape index (κ2) is 7.83. The Bertz CT molecular complexity index is 1240. The molecule has 3 aromatic heterocycles. The first-order valence-electron chi connectivity index (χ1n) is 10.3. The highest BCUT2D eigenvalue weighted by Crippen LogP contribution is 2.23. The average molecular weight is 415 g/mol. The van der Waals surface area contributed by atoms with Crippen LogP contribution in [0.3, 0.4) is 0 Å². The molecule has 5 rings (SSSR count). The van der Waals surface area contributed by atoms with Crippen molar-refractivity contribution >= 4 is 28.4 Å². The summed E-state index contributed by atoms with van der Waals surface area (Å²) in [5.74, 6) is 0.194. The molecule has 1 aliphatic rings. The third kappa shape index (κ3) is 3.86. The van der Waals surface area contributed by atoms with Gasteiger partial charge in [-0.05, 0) is 43.2 Å². The van der Waals surface area contributed by atoms with Crippen LogP contribution in [0.5, 0.6) is 0 Å². The number of benzene rings is 1. The zero-order valence-corrected chi connectivity index (χ0v) is 17.2. The highest BCUT2D eigenvalue weighted by atomic mass is 19.1. The Morgan fingerprint density at radius 1 is 1.06 bits per heavy atom. The summed E-state index contributed by atoms with van der Waals surface area (Å²) < 4.78 is 15.6. The highest BCUT2D eigenvalue weighted by molar-refractivity contribution is 6.06. The molecule has 1 saturated heterocycles. The Balaban J connectivity index is 1.45. The van der Waals surface area contributed by atoms with Crippen LogP contribution >= 0.6 is 0 Å². The van der Waals surface area contributed by atoms with E-state index in [0.717, 1.165) is 30.0 Å². The van der Waals surface area contributed by atoms with Crippen LogP contribution in [-0.4, -0.2) is 33.5 Å². The summed E-state index contributed by atoms with van der Waals surface area (Å²) in [4.78, 5) is 24.0. The van der Waals surface area contributed by atoms with Gasteiger partial charge < -0.3 is 14.8 Å². The van der Waals surface area contributed by atoms with E-state index in [-0.39, 0.29) is 5.91 Å². The Labute approximate surface area is 179 Å². The number of halogens is 1. The van der Waals surface area contributed by atoms with Gasteiger partial charge in [-0.2, -0.15) is 0 Å². The fourth-order valence-corrected chi connectivity index (χ4v) is 3.73. The van der Waals surface area contributed by atoms with Crippen LogP contribution in [0.1, 0.15) is 28.0 Å². The summed E-state index contributed by atoms with van der Waals surface area (Å²) in [6.45, 7) is 4.51. The largest absolute Gasteiger partial charge is 0.356 e. The number of aryl methyl sites for hydroxylation is 1. The van der Waals surface area contributed by atoms with E-state index in [0.29, 0.717) is 29.0 Å². The lowest BCUT2D eigenvalue weighted by Crippen LogP contribution is -2.37. The molecular weight excluding hydrogens is 393 g/mol. The van der Waals surface area contributed by atoms with Crippen molar-refractivity contribution in [3.05, 3.63) is 83.6 Å². The SMILES string of the molecule is Cc1ccc(Cn2c(C(=O)Nc3ccc(N4CCC4)nc3)cc3cc(F)cnc32)cc1. The van der Waals surface area contributed by atoms with Crippen molar-refractivity contribution in [2.24, 2.45) is 0 Å². The van der Waals surface area contributed by atoms with E-state index in [4.69, 9.17) is 0 Å². The molecule has 1 aliphatic heterocycles. The van der Waals surface area contributed by atoms with Gasteiger partial charge in [-0.1, -0.05) is 29.8 Å².